The first kappa shape index (κ1) is 18.9. The fourth-order valence-electron chi connectivity index (χ4n) is 2.94. The summed E-state index contributed by atoms with van der Waals surface area (Å²) in [5, 5.41) is 7.32. The zero-order valence-electron chi connectivity index (χ0n) is 14.7. The van der Waals surface area contributed by atoms with Gasteiger partial charge in [-0.2, -0.15) is 0 Å². The van der Waals surface area contributed by atoms with E-state index in [9.17, 15) is 0 Å². The summed E-state index contributed by atoms with van der Waals surface area (Å²) in [4.78, 5) is 0. The molecule has 2 nitrogen and oxygen atoms in total. The Labute approximate surface area is 159 Å². The van der Waals surface area contributed by atoms with E-state index >= 15 is 0 Å². The Balaban J connectivity index is 1.92. The third-order valence-electron chi connectivity index (χ3n) is 4.17. The second kappa shape index (κ2) is 8.13. The Kier molecular flexibility index (Phi) is 6.41. The zero-order chi connectivity index (χ0) is 17.7. The van der Waals surface area contributed by atoms with Crippen LogP contribution in [-0.2, 0) is 5.41 Å². The standard InChI is InChI=1S/C20H25BrN2S/c1-14-12-17(10-11-18(14)21)23-19(24)22-15(2)13-20(3,4)16-8-6-5-7-9-16/h5-12,15H,13H2,1-4H3,(H2,22,23,24). The minimum Gasteiger partial charge on any atom is -0.360 e. The van der Waals surface area contributed by atoms with Gasteiger partial charge in [-0.05, 0) is 67.2 Å². The maximum absolute atomic E-state index is 5.46. The minimum absolute atomic E-state index is 0.0947. The molecule has 0 aliphatic heterocycles. The summed E-state index contributed by atoms with van der Waals surface area (Å²) in [6.07, 6.45) is 0.998. The molecule has 2 N–H and O–H groups in total. The number of halogens is 1. The largest absolute Gasteiger partial charge is 0.360 e. The van der Waals surface area contributed by atoms with Crippen molar-refractivity contribution < 1.29 is 0 Å². The lowest BCUT2D eigenvalue weighted by Gasteiger charge is -2.29. The Morgan fingerprint density at radius 1 is 1.17 bits per heavy atom. The number of aryl methyl sites for hydroxylation is 1. The SMILES string of the molecule is Cc1cc(NC(=S)NC(C)CC(C)(C)c2ccccc2)ccc1Br. The van der Waals surface area contributed by atoms with Gasteiger partial charge < -0.3 is 10.6 Å². The molecule has 0 fully saturated rings. The zero-order valence-corrected chi connectivity index (χ0v) is 17.1. The molecule has 1 unspecified atom stereocenters. The number of hydrogen-bond acceptors (Lipinski definition) is 1. The van der Waals surface area contributed by atoms with Crippen molar-refractivity contribution >= 4 is 38.9 Å². The number of rotatable bonds is 5. The number of nitrogens with one attached hydrogen (secondary N) is 2. The first-order valence-corrected chi connectivity index (χ1v) is 9.37. The van der Waals surface area contributed by atoms with Crippen LogP contribution in [0, 0.1) is 6.92 Å². The lowest BCUT2D eigenvalue weighted by atomic mass is 9.79. The van der Waals surface area contributed by atoms with Gasteiger partial charge in [0.15, 0.2) is 5.11 Å². The van der Waals surface area contributed by atoms with Gasteiger partial charge in [-0.1, -0.05) is 60.1 Å². The van der Waals surface area contributed by atoms with Crippen molar-refractivity contribution in [3.63, 3.8) is 0 Å². The van der Waals surface area contributed by atoms with Crippen molar-refractivity contribution in [2.45, 2.75) is 45.6 Å². The van der Waals surface area contributed by atoms with Crippen molar-refractivity contribution in [3.05, 3.63) is 64.1 Å². The van der Waals surface area contributed by atoms with E-state index < -0.39 is 0 Å². The predicted molar refractivity (Wildman–Crippen MR) is 112 cm³/mol. The molecule has 0 bridgehead atoms. The normalized spacial score (nSPS) is 12.5. The van der Waals surface area contributed by atoms with E-state index in [1.807, 2.05) is 12.1 Å². The van der Waals surface area contributed by atoms with Crippen molar-refractivity contribution in [1.29, 1.82) is 0 Å². The summed E-state index contributed by atoms with van der Waals surface area (Å²) >= 11 is 8.98. The maximum atomic E-state index is 5.46. The van der Waals surface area contributed by atoms with Crippen LogP contribution in [0.4, 0.5) is 5.69 Å². The molecular weight excluding hydrogens is 380 g/mol. The highest BCUT2D eigenvalue weighted by Gasteiger charge is 2.23. The Bertz CT molecular complexity index is 698. The van der Waals surface area contributed by atoms with Gasteiger partial charge in [-0.15, -0.1) is 0 Å². The number of thiocarbonyl (C=S) groups is 1. The van der Waals surface area contributed by atoms with Gasteiger partial charge in [0.1, 0.15) is 0 Å². The van der Waals surface area contributed by atoms with Crippen molar-refractivity contribution in [3.8, 4) is 0 Å². The van der Waals surface area contributed by atoms with E-state index in [4.69, 9.17) is 12.2 Å². The van der Waals surface area contributed by atoms with Gasteiger partial charge in [0.2, 0.25) is 0 Å². The van der Waals surface area contributed by atoms with E-state index in [0.29, 0.717) is 5.11 Å². The second-order valence-electron chi connectivity index (χ2n) is 6.92. The molecule has 4 heteroatoms. The van der Waals surface area contributed by atoms with Crippen LogP contribution < -0.4 is 10.6 Å². The average Bonchev–Trinajstić information content (AvgIpc) is 2.51. The van der Waals surface area contributed by atoms with Crippen LogP contribution in [0.1, 0.15) is 38.3 Å². The Hall–Kier alpha value is -1.39. The molecule has 2 aromatic carbocycles. The van der Waals surface area contributed by atoms with E-state index in [1.54, 1.807) is 0 Å². The van der Waals surface area contributed by atoms with Gasteiger partial charge >= 0.3 is 0 Å². The van der Waals surface area contributed by atoms with E-state index in [-0.39, 0.29) is 11.5 Å². The second-order valence-corrected chi connectivity index (χ2v) is 8.18. The molecule has 0 aliphatic carbocycles. The Morgan fingerprint density at radius 3 is 2.46 bits per heavy atom. The molecule has 0 heterocycles. The van der Waals surface area contributed by atoms with Crippen molar-refractivity contribution in [2.75, 3.05) is 5.32 Å². The molecule has 0 saturated heterocycles. The molecule has 0 saturated carbocycles. The van der Waals surface area contributed by atoms with E-state index in [1.165, 1.54) is 11.1 Å². The molecule has 2 rings (SSSR count). The third kappa shape index (κ3) is 5.32. The molecular formula is C20H25BrN2S. The summed E-state index contributed by atoms with van der Waals surface area (Å²) in [7, 11) is 0. The average molecular weight is 405 g/mol. The van der Waals surface area contributed by atoms with Gasteiger partial charge in [0, 0.05) is 16.2 Å². The highest BCUT2D eigenvalue weighted by atomic mass is 79.9. The topological polar surface area (TPSA) is 24.1 Å². The molecule has 0 radical (unpaired) electrons. The highest BCUT2D eigenvalue weighted by Crippen LogP contribution is 2.28. The molecule has 2 aromatic rings. The summed E-state index contributed by atoms with van der Waals surface area (Å²) in [6, 6.07) is 17.0. The first-order chi connectivity index (χ1) is 11.3. The lowest BCUT2D eigenvalue weighted by Crippen LogP contribution is -2.39. The molecule has 24 heavy (non-hydrogen) atoms. The van der Waals surface area contributed by atoms with Crippen LogP contribution in [0.15, 0.2) is 53.0 Å². The lowest BCUT2D eigenvalue weighted by molar-refractivity contribution is 0.420. The van der Waals surface area contributed by atoms with Crippen LogP contribution in [-0.4, -0.2) is 11.2 Å². The molecule has 0 spiro atoms. The summed E-state index contributed by atoms with van der Waals surface area (Å²) in [6.45, 7) is 8.78. The van der Waals surface area contributed by atoms with Crippen LogP contribution in [0.2, 0.25) is 0 Å². The predicted octanol–water partition coefficient (Wildman–Crippen LogP) is 5.80. The number of hydrogen-bond donors (Lipinski definition) is 2. The van der Waals surface area contributed by atoms with E-state index in [0.717, 1.165) is 16.6 Å². The van der Waals surface area contributed by atoms with Gasteiger partial charge in [-0.25, -0.2) is 0 Å². The van der Waals surface area contributed by atoms with Crippen LogP contribution in [0.25, 0.3) is 0 Å². The Morgan fingerprint density at radius 2 is 1.83 bits per heavy atom. The van der Waals surface area contributed by atoms with Crippen molar-refractivity contribution in [1.82, 2.24) is 5.32 Å². The molecule has 0 aliphatic rings. The van der Waals surface area contributed by atoms with Crippen molar-refractivity contribution in [2.24, 2.45) is 0 Å². The highest BCUT2D eigenvalue weighted by molar-refractivity contribution is 9.10. The van der Waals surface area contributed by atoms with Gasteiger partial charge in [-0.3, -0.25) is 0 Å². The van der Waals surface area contributed by atoms with Gasteiger partial charge in [0.05, 0.1) is 0 Å². The quantitative estimate of drug-likeness (QED) is 0.615. The number of anilines is 1. The third-order valence-corrected chi connectivity index (χ3v) is 5.27. The summed E-state index contributed by atoms with van der Waals surface area (Å²) in [5.74, 6) is 0. The van der Waals surface area contributed by atoms with E-state index in [2.05, 4.69) is 90.7 Å². The van der Waals surface area contributed by atoms with Crippen LogP contribution in [0.5, 0.6) is 0 Å². The van der Waals surface area contributed by atoms with Gasteiger partial charge in [0.25, 0.3) is 0 Å². The summed E-state index contributed by atoms with van der Waals surface area (Å²) in [5.41, 5.74) is 3.63. The summed E-state index contributed by atoms with van der Waals surface area (Å²) < 4.78 is 1.10. The maximum Gasteiger partial charge on any atom is 0.170 e. The molecule has 128 valence electrons. The van der Waals surface area contributed by atoms with Crippen LogP contribution in [0.3, 0.4) is 0 Å². The molecule has 0 amide bonds. The fourth-order valence-corrected chi connectivity index (χ4v) is 3.50. The minimum atomic E-state index is 0.0947. The van der Waals surface area contributed by atoms with Crippen LogP contribution >= 0.6 is 28.1 Å². The first-order valence-electron chi connectivity index (χ1n) is 8.17. The molecule has 1 atom stereocenters. The molecule has 0 aromatic heterocycles. The smallest absolute Gasteiger partial charge is 0.170 e. The number of benzene rings is 2. The monoisotopic (exact) mass is 404 g/mol. The fraction of sp³-hybridized carbons (Fsp3) is 0.350.